The van der Waals surface area contributed by atoms with Gasteiger partial charge >= 0.3 is 0 Å². The number of anilines is 1. The quantitative estimate of drug-likeness (QED) is 0.729. The van der Waals surface area contributed by atoms with Crippen molar-refractivity contribution in [1.82, 2.24) is 10.5 Å². The molecule has 8 nitrogen and oxygen atoms in total. The van der Waals surface area contributed by atoms with Gasteiger partial charge < -0.3 is 19.3 Å². The number of aromatic nitrogens is 1. The summed E-state index contributed by atoms with van der Waals surface area (Å²) in [6.07, 6.45) is 4.14. The van der Waals surface area contributed by atoms with Crippen LogP contribution in [-0.4, -0.2) is 48.9 Å². The number of nitrogens with one attached hydrogen (secondary N) is 1. The van der Waals surface area contributed by atoms with Gasteiger partial charge in [0, 0.05) is 12.6 Å². The van der Waals surface area contributed by atoms with E-state index in [0.29, 0.717) is 31.1 Å². The Labute approximate surface area is 173 Å². The minimum Gasteiger partial charge on any atom is -0.497 e. The van der Waals surface area contributed by atoms with E-state index in [9.17, 15) is 9.59 Å². The molecule has 5 rings (SSSR count). The maximum Gasteiger partial charge on any atom is 0.235 e. The van der Waals surface area contributed by atoms with Gasteiger partial charge in [-0.15, -0.1) is 0 Å². The number of aryl methyl sites for hydroxylation is 1. The van der Waals surface area contributed by atoms with Crippen molar-refractivity contribution in [2.24, 2.45) is 11.8 Å². The van der Waals surface area contributed by atoms with Crippen LogP contribution in [-0.2, 0) is 20.7 Å². The summed E-state index contributed by atoms with van der Waals surface area (Å²) in [6, 6.07) is 9.46. The zero-order chi connectivity index (χ0) is 20.9. The standard InChI is InChI=1S/C22H23N3O5/c1-13-11-17(24-30-13)25-12-22-9-7-16(29-22)18(19(22)21(25)27)20(26)23-10-8-14-3-5-15(28-2)6-4-14/h3-7,9,11,16,18-19H,8,10,12H2,1-2H3,(H,23,26)/t16-,18?,19?,22-/m1/s1. The molecule has 30 heavy (non-hydrogen) atoms. The molecule has 2 saturated heterocycles. The van der Waals surface area contributed by atoms with Crippen molar-refractivity contribution in [2.75, 3.05) is 25.1 Å². The highest BCUT2D eigenvalue weighted by atomic mass is 16.5. The number of benzene rings is 1. The molecule has 2 aromatic rings. The molecule has 3 aliphatic heterocycles. The van der Waals surface area contributed by atoms with Gasteiger partial charge in [0.05, 0.1) is 31.6 Å². The number of methoxy groups -OCH3 is 1. The number of carbonyl (C=O) groups excluding carboxylic acids is 2. The van der Waals surface area contributed by atoms with E-state index in [0.717, 1.165) is 11.3 Å². The Morgan fingerprint density at radius 2 is 2.17 bits per heavy atom. The molecule has 156 valence electrons. The van der Waals surface area contributed by atoms with Crippen LogP contribution in [0, 0.1) is 18.8 Å². The number of hydrogen-bond acceptors (Lipinski definition) is 6. The van der Waals surface area contributed by atoms with Gasteiger partial charge in [-0.25, -0.2) is 0 Å². The maximum atomic E-state index is 13.2. The molecule has 1 aromatic carbocycles. The van der Waals surface area contributed by atoms with E-state index >= 15 is 0 Å². The number of fused-ring (bicyclic) bond motifs is 1. The van der Waals surface area contributed by atoms with Crippen LogP contribution < -0.4 is 15.0 Å². The third kappa shape index (κ3) is 2.90. The molecule has 2 fully saturated rings. The van der Waals surface area contributed by atoms with E-state index in [1.165, 1.54) is 0 Å². The minimum absolute atomic E-state index is 0.148. The van der Waals surface area contributed by atoms with Crippen molar-refractivity contribution in [3.8, 4) is 5.75 Å². The fraction of sp³-hybridized carbons (Fsp3) is 0.409. The lowest BCUT2D eigenvalue weighted by molar-refractivity contribution is -0.131. The number of ether oxygens (including phenoxy) is 2. The normalized spacial score (nSPS) is 28.8. The second-order valence-electron chi connectivity index (χ2n) is 8.01. The van der Waals surface area contributed by atoms with Crippen LogP contribution >= 0.6 is 0 Å². The fourth-order valence-electron chi connectivity index (χ4n) is 4.71. The first-order valence-corrected chi connectivity index (χ1v) is 10.0. The SMILES string of the molecule is COc1ccc(CCNC(=O)C2C3C(=O)N(c4cc(C)on4)C[C@]34C=C[C@H]2O4)cc1. The van der Waals surface area contributed by atoms with Gasteiger partial charge in [0.15, 0.2) is 5.82 Å². The average molecular weight is 409 g/mol. The Kier molecular flexibility index (Phi) is 4.39. The van der Waals surface area contributed by atoms with Crippen molar-refractivity contribution >= 4 is 17.6 Å². The molecular formula is C22H23N3O5. The molecule has 4 heterocycles. The molecule has 4 atom stereocenters. The fourth-order valence-corrected chi connectivity index (χ4v) is 4.71. The average Bonchev–Trinajstić information content (AvgIpc) is 3.49. The highest BCUT2D eigenvalue weighted by Crippen LogP contribution is 2.52. The summed E-state index contributed by atoms with van der Waals surface area (Å²) < 4.78 is 16.4. The predicted molar refractivity (Wildman–Crippen MR) is 107 cm³/mol. The predicted octanol–water partition coefficient (Wildman–Crippen LogP) is 1.64. The minimum atomic E-state index is -0.771. The topological polar surface area (TPSA) is 93.9 Å². The molecule has 2 amide bonds. The molecule has 1 N–H and O–H groups in total. The van der Waals surface area contributed by atoms with E-state index in [2.05, 4.69) is 10.5 Å². The van der Waals surface area contributed by atoms with Crippen LogP contribution in [0.3, 0.4) is 0 Å². The molecule has 0 aliphatic carbocycles. The van der Waals surface area contributed by atoms with Crippen LogP contribution in [0.25, 0.3) is 0 Å². The lowest BCUT2D eigenvalue weighted by Gasteiger charge is -2.23. The van der Waals surface area contributed by atoms with Gasteiger partial charge in [-0.1, -0.05) is 29.4 Å². The van der Waals surface area contributed by atoms with Crippen molar-refractivity contribution in [3.63, 3.8) is 0 Å². The van der Waals surface area contributed by atoms with Crippen molar-refractivity contribution < 1.29 is 23.6 Å². The highest BCUT2D eigenvalue weighted by Gasteiger charge is 2.67. The Morgan fingerprint density at radius 1 is 1.37 bits per heavy atom. The summed E-state index contributed by atoms with van der Waals surface area (Å²) in [7, 11) is 1.63. The Bertz CT molecular complexity index is 1010. The second-order valence-corrected chi connectivity index (χ2v) is 8.01. The van der Waals surface area contributed by atoms with Gasteiger partial charge in [0.25, 0.3) is 0 Å². The number of nitrogens with zero attached hydrogens (tertiary/aromatic N) is 2. The Hall–Kier alpha value is -3.13. The first-order valence-electron chi connectivity index (χ1n) is 10.0. The summed E-state index contributed by atoms with van der Waals surface area (Å²) in [5, 5.41) is 6.95. The van der Waals surface area contributed by atoms with Crippen LogP contribution in [0.5, 0.6) is 5.75 Å². The Balaban J connectivity index is 1.27. The van der Waals surface area contributed by atoms with E-state index in [1.54, 1.807) is 25.0 Å². The lowest BCUT2D eigenvalue weighted by Crippen LogP contribution is -2.44. The smallest absolute Gasteiger partial charge is 0.235 e. The van der Waals surface area contributed by atoms with Crippen molar-refractivity contribution in [2.45, 2.75) is 25.0 Å². The zero-order valence-corrected chi connectivity index (χ0v) is 16.8. The molecule has 3 aliphatic rings. The number of hydrogen-bond donors (Lipinski definition) is 1. The number of amides is 2. The largest absolute Gasteiger partial charge is 0.497 e. The van der Waals surface area contributed by atoms with Crippen molar-refractivity contribution in [3.05, 3.63) is 53.8 Å². The number of carbonyl (C=O) groups is 2. The summed E-state index contributed by atoms with van der Waals surface area (Å²) in [5.74, 6) is 0.482. The zero-order valence-electron chi connectivity index (χ0n) is 16.8. The van der Waals surface area contributed by atoms with Gasteiger partial charge in [0.2, 0.25) is 11.8 Å². The monoisotopic (exact) mass is 409 g/mol. The van der Waals surface area contributed by atoms with E-state index in [-0.39, 0.29) is 17.9 Å². The molecule has 0 saturated carbocycles. The van der Waals surface area contributed by atoms with Gasteiger partial charge in [0.1, 0.15) is 17.1 Å². The van der Waals surface area contributed by atoms with E-state index in [1.807, 2.05) is 36.4 Å². The highest BCUT2D eigenvalue weighted by molar-refractivity contribution is 6.02. The molecule has 1 aromatic heterocycles. The summed E-state index contributed by atoms with van der Waals surface area (Å²) in [6.45, 7) is 2.60. The second kappa shape index (κ2) is 6.98. The molecular weight excluding hydrogens is 386 g/mol. The van der Waals surface area contributed by atoms with Crippen LogP contribution in [0.15, 0.2) is 47.0 Å². The van der Waals surface area contributed by atoms with Crippen LogP contribution in [0.4, 0.5) is 5.82 Å². The maximum absolute atomic E-state index is 13.2. The van der Waals surface area contributed by atoms with Gasteiger partial charge in [-0.3, -0.25) is 14.5 Å². The molecule has 2 unspecified atom stereocenters. The first-order chi connectivity index (χ1) is 14.5. The third-order valence-corrected chi connectivity index (χ3v) is 6.17. The van der Waals surface area contributed by atoms with Gasteiger partial charge in [-0.2, -0.15) is 0 Å². The molecule has 2 bridgehead atoms. The van der Waals surface area contributed by atoms with E-state index in [4.69, 9.17) is 14.0 Å². The Morgan fingerprint density at radius 3 is 2.87 bits per heavy atom. The van der Waals surface area contributed by atoms with E-state index < -0.39 is 17.4 Å². The number of rotatable bonds is 6. The first kappa shape index (κ1) is 18.9. The summed E-state index contributed by atoms with van der Waals surface area (Å²) in [4.78, 5) is 27.8. The molecule has 1 spiro atoms. The summed E-state index contributed by atoms with van der Waals surface area (Å²) in [5.41, 5.74) is 0.327. The molecule has 0 radical (unpaired) electrons. The third-order valence-electron chi connectivity index (χ3n) is 6.17. The van der Waals surface area contributed by atoms with Gasteiger partial charge in [-0.05, 0) is 31.0 Å². The lowest BCUT2D eigenvalue weighted by atomic mass is 9.77. The van der Waals surface area contributed by atoms with Crippen LogP contribution in [0.1, 0.15) is 11.3 Å². The van der Waals surface area contributed by atoms with Crippen molar-refractivity contribution in [1.29, 1.82) is 0 Å². The van der Waals surface area contributed by atoms with Crippen LogP contribution in [0.2, 0.25) is 0 Å². The summed E-state index contributed by atoms with van der Waals surface area (Å²) >= 11 is 0. The molecule has 8 heteroatoms.